The summed E-state index contributed by atoms with van der Waals surface area (Å²) in [5, 5.41) is 6.32. The lowest BCUT2D eigenvalue weighted by Gasteiger charge is -2.35. The van der Waals surface area contributed by atoms with Crippen LogP contribution in [-0.2, 0) is 9.59 Å². The van der Waals surface area contributed by atoms with Crippen LogP contribution in [0.3, 0.4) is 0 Å². The largest absolute Gasteiger partial charge is 0.324 e. The number of benzene rings is 1. The number of anilines is 1. The van der Waals surface area contributed by atoms with Gasteiger partial charge < -0.3 is 15.4 Å². The molecule has 0 unspecified atom stereocenters. The molecule has 1 aromatic rings. The van der Waals surface area contributed by atoms with Gasteiger partial charge in [0.25, 0.3) is 0 Å². The Balaban J connectivity index is 1.69. The number of hydrogen-bond acceptors (Lipinski definition) is 4. The van der Waals surface area contributed by atoms with Crippen LogP contribution in [-0.4, -0.2) is 49.3 Å². The van der Waals surface area contributed by atoms with Gasteiger partial charge in [0.05, 0.1) is 12.6 Å². The Hall–Kier alpha value is -1.72. The van der Waals surface area contributed by atoms with E-state index in [1.807, 2.05) is 6.07 Å². The highest BCUT2D eigenvalue weighted by Crippen LogP contribution is 2.23. The Kier molecular flexibility index (Phi) is 11.0. The van der Waals surface area contributed by atoms with Crippen LogP contribution in [0.2, 0.25) is 0 Å². The molecule has 0 radical (unpaired) electrons. The number of amides is 1. The first kappa shape index (κ1) is 23.6. The van der Waals surface area contributed by atoms with E-state index in [0.29, 0.717) is 6.54 Å². The van der Waals surface area contributed by atoms with Crippen molar-refractivity contribution in [2.45, 2.75) is 77.7 Å². The second kappa shape index (κ2) is 13.5. The Morgan fingerprint density at radius 2 is 1.76 bits per heavy atom. The molecule has 1 atom stereocenters. The third-order valence-electron chi connectivity index (χ3n) is 5.92. The molecule has 2 N–H and O–H groups in total. The van der Waals surface area contributed by atoms with Crippen molar-refractivity contribution in [2.24, 2.45) is 0 Å². The molecule has 1 saturated heterocycles. The maximum Gasteiger partial charge on any atom is 0.241 e. The van der Waals surface area contributed by atoms with E-state index >= 15 is 0 Å². The molecular formula is C24H39N3O2. The molecule has 29 heavy (non-hydrogen) atoms. The molecule has 1 fully saturated rings. The zero-order valence-electron chi connectivity index (χ0n) is 18.3. The first-order valence-electron chi connectivity index (χ1n) is 11.4. The van der Waals surface area contributed by atoms with Gasteiger partial charge in [0.1, 0.15) is 6.29 Å². The van der Waals surface area contributed by atoms with Crippen LogP contribution in [0, 0.1) is 13.8 Å². The van der Waals surface area contributed by atoms with E-state index in [4.69, 9.17) is 0 Å². The predicted octanol–water partition coefficient (Wildman–Crippen LogP) is 4.23. The molecule has 0 saturated carbocycles. The Bertz CT molecular complexity index is 612. The molecule has 1 heterocycles. The summed E-state index contributed by atoms with van der Waals surface area (Å²) in [6.45, 7) is 7.57. The number of rotatable bonds is 13. The van der Waals surface area contributed by atoms with E-state index in [1.165, 1.54) is 32.1 Å². The minimum absolute atomic E-state index is 0.00616. The van der Waals surface area contributed by atoms with Gasteiger partial charge in [-0.2, -0.15) is 0 Å². The summed E-state index contributed by atoms with van der Waals surface area (Å²) in [4.78, 5) is 25.6. The van der Waals surface area contributed by atoms with Crippen molar-refractivity contribution >= 4 is 17.9 Å². The van der Waals surface area contributed by atoms with Gasteiger partial charge in [-0.3, -0.25) is 9.69 Å². The quantitative estimate of drug-likeness (QED) is 0.384. The van der Waals surface area contributed by atoms with Crippen LogP contribution in [0.25, 0.3) is 0 Å². The van der Waals surface area contributed by atoms with Crippen molar-refractivity contribution in [3.8, 4) is 0 Å². The molecule has 1 aromatic carbocycles. The van der Waals surface area contributed by atoms with Gasteiger partial charge in [-0.15, -0.1) is 0 Å². The molecule has 0 bridgehead atoms. The Morgan fingerprint density at radius 1 is 1.07 bits per heavy atom. The number of aryl methyl sites for hydroxylation is 2. The second-order valence-electron chi connectivity index (χ2n) is 8.30. The van der Waals surface area contributed by atoms with Crippen molar-refractivity contribution in [3.63, 3.8) is 0 Å². The zero-order chi connectivity index (χ0) is 20.9. The molecule has 2 rings (SSSR count). The summed E-state index contributed by atoms with van der Waals surface area (Å²) in [7, 11) is 0. The van der Waals surface area contributed by atoms with Crippen molar-refractivity contribution in [1.82, 2.24) is 10.2 Å². The fourth-order valence-electron chi connectivity index (χ4n) is 4.21. The molecule has 0 aromatic heterocycles. The van der Waals surface area contributed by atoms with E-state index in [0.717, 1.165) is 68.4 Å². The maximum atomic E-state index is 13.0. The molecule has 0 spiro atoms. The van der Waals surface area contributed by atoms with Crippen LogP contribution < -0.4 is 10.6 Å². The lowest BCUT2D eigenvalue weighted by Crippen LogP contribution is -2.47. The number of nitrogens with zero attached hydrogens (tertiary/aromatic N) is 1. The Morgan fingerprint density at radius 3 is 2.48 bits per heavy atom. The molecule has 0 aliphatic carbocycles. The molecule has 1 aliphatic heterocycles. The highest BCUT2D eigenvalue weighted by atomic mass is 16.2. The molecule has 1 aliphatic rings. The minimum Gasteiger partial charge on any atom is -0.324 e. The van der Waals surface area contributed by atoms with Gasteiger partial charge in [-0.05, 0) is 70.3 Å². The van der Waals surface area contributed by atoms with Crippen LogP contribution in [0.5, 0.6) is 0 Å². The highest BCUT2D eigenvalue weighted by molar-refractivity contribution is 5.96. The van der Waals surface area contributed by atoms with Gasteiger partial charge in [0, 0.05) is 5.69 Å². The first-order chi connectivity index (χ1) is 14.1. The summed E-state index contributed by atoms with van der Waals surface area (Å²) in [6, 6.07) is 6.15. The average Bonchev–Trinajstić information content (AvgIpc) is 2.72. The standard InChI is InChI=1S/C24H39N3O2/c1-20-12-11-13-21(2)23(20)26-24(29)22-14-7-10-18-27(22)17-9-6-4-3-5-8-15-25-16-19-28/h11-13,19,22,25H,3-10,14-18H2,1-2H3,(H,26,29)/t22-/m1/s1. The summed E-state index contributed by atoms with van der Waals surface area (Å²) in [5.41, 5.74) is 3.23. The van der Waals surface area contributed by atoms with Gasteiger partial charge in [-0.1, -0.05) is 50.3 Å². The van der Waals surface area contributed by atoms with E-state index in [-0.39, 0.29) is 11.9 Å². The smallest absolute Gasteiger partial charge is 0.241 e. The van der Waals surface area contributed by atoms with Crippen LogP contribution in [0.4, 0.5) is 5.69 Å². The van der Waals surface area contributed by atoms with Crippen LogP contribution in [0.1, 0.15) is 68.9 Å². The number of aldehydes is 1. The summed E-state index contributed by atoms with van der Waals surface area (Å²) >= 11 is 0. The third kappa shape index (κ3) is 8.27. The summed E-state index contributed by atoms with van der Waals surface area (Å²) in [6.07, 6.45) is 11.5. The fourth-order valence-corrected chi connectivity index (χ4v) is 4.21. The predicted molar refractivity (Wildman–Crippen MR) is 120 cm³/mol. The molecular weight excluding hydrogens is 362 g/mol. The van der Waals surface area contributed by atoms with Crippen LogP contribution >= 0.6 is 0 Å². The normalized spacial score (nSPS) is 17.2. The van der Waals surface area contributed by atoms with Gasteiger partial charge in [-0.25, -0.2) is 0 Å². The third-order valence-corrected chi connectivity index (χ3v) is 5.92. The summed E-state index contributed by atoms with van der Waals surface area (Å²) < 4.78 is 0. The zero-order valence-corrected chi connectivity index (χ0v) is 18.3. The van der Waals surface area contributed by atoms with E-state index in [9.17, 15) is 9.59 Å². The summed E-state index contributed by atoms with van der Waals surface area (Å²) in [5.74, 6) is 0.157. The minimum atomic E-state index is 0.00616. The number of carbonyl (C=O) groups excluding carboxylic acids is 2. The number of likely N-dealkylation sites (tertiary alicyclic amines) is 1. The van der Waals surface area contributed by atoms with E-state index in [1.54, 1.807) is 0 Å². The van der Waals surface area contributed by atoms with Crippen molar-refractivity contribution in [3.05, 3.63) is 29.3 Å². The van der Waals surface area contributed by atoms with Gasteiger partial charge in [0.2, 0.25) is 5.91 Å². The SMILES string of the molecule is Cc1cccc(C)c1NC(=O)[C@H]1CCCCN1CCCCCCCCNCC=O. The topological polar surface area (TPSA) is 61.4 Å². The molecule has 1 amide bonds. The number of piperidine rings is 1. The maximum absolute atomic E-state index is 13.0. The van der Waals surface area contributed by atoms with Crippen molar-refractivity contribution < 1.29 is 9.59 Å². The molecule has 5 heteroatoms. The average molecular weight is 402 g/mol. The lowest BCUT2D eigenvalue weighted by atomic mass is 10.00. The number of unbranched alkanes of at least 4 members (excludes halogenated alkanes) is 5. The highest BCUT2D eigenvalue weighted by Gasteiger charge is 2.28. The Labute approximate surface area is 176 Å². The van der Waals surface area contributed by atoms with Crippen molar-refractivity contribution in [2.75, 3.05) is 31.5 Å². The lowest BCUT2D eigenvalue weighted by molar-refractivity contribution is -0.122. The number of nitrogens with one attached hydrogen (secondary N) is 2. The van der Waals surface area contributed by atoms with Crippen molar-refractivity contribution in [1.29, 1.82) is 0 Å². The number of para-hydroxylation sites is 1. The molecule has 5 nitrogen and oxygen atoms in total. The first-order valence-corrected chi connectivity index (χ1v) is 11.4. The monoisotopic (exact) mass is 401 g/mol. The molecule has 162 valence electrons. The second-order valence-corrected chi connectivity index (χ2v) is 8.30. The van der Waals surface area contributed by atoms with Gasteiger partial charge >= 0.3 is 0 Å². The number of hydrogen-bond donors (Lipinski definition) is 2. The van der Waals surface area contributed by atoms with E-state index < -0.39 is 0 Å². The fraction of sp³-hybridized carbons (Fsp3) is 0.667. The number of carbonyl (C=O) groups is 2. The van der Waals surface area contributed by atoms with Gasteiger partial charge in [0.15, 0.2) is 0 Å². The van der Waals surface area contributed by atoms with Crippen LogP contribution in [0.15, 0.2) is 18.2 Å². The van der Waals surface area contributed by atoms with E-state index in [2.05, 4.69) is 41.5 Å².